The SMILES string of the molecule is CCCC1CCC(c2ccc(C=Cc3ccc(C4CCC(C[C@H](C)c5ccccc5)CC4)cc3F)cc2)CC1. The van der Waals surface area contributed by atoms with Gasteiger partial charge in [0.15, 0.2) is 0 Å². The summed E-state index contributed by atoms with van der Waals surface area (Å²) in [5, 5.41) is 0. The van der Waals surface area contributed by atoms with Crippen LogP contribution in [0.15, 0.2) is 72.8 Å². The smallest absolute Gasteiger partial charge is 0.130 e. The van der Waals surface area contributed by atoms with Crippen LogP contribution in [0, 0.1) is 17.7 Å². The maximum atomic E-state index is 15.1. The molecule has 0 heterocycles. The third-order valence-corrected chi connectivity index (χ3v) is 9.81. The molecule has 0 spiro atoms. The van der Waals surface area contributed by atoms with E-state index in [1.54, 1.807) is 6.07 Å². The molecule has 3 aromatic carbocycles. The van der Waals surface area contributed by atoms with Gasteiger partial charge in [0.05, 0.1) is 0 Å². The van der Waals surface area contributed by atoms with E-state index in [0.717, 1.165) is 17.4 Å². The number of hydrogen-bond donors (Lipinski definition) is 0. The molecule has 2 saturated carbocycles. The van der Waals surface area contributed by atoms with Crippen LogP contribution in [0.2, 0.25) is 0 Å². The molecular formula is C38H47F. The van der Waals surface area contributed by atoms with E-state index < -0.39 is 0 Å². The van der Waals surface area contributed by atoms with Crippen molar-refractivity contribution in [2.75, 3.05) is 0 Å². The largest absolute Gasteiger partial charge is 0.206 e. The summed E-state index contributed by atoms with van der Waals surface area (Å²) in [4.78, 5) is 0. The van der Waals surface area contributed by atoms with E-state index in [9.17, 15) is 0 Å². The first-order valence-corrected chi connectivity index (χ1v) is 15.7. The van der Waals surface area contributed by atoms with E-state index in [1.807, 2.05) is 12.1 Å². The number of benzene rings is 3. The predicted molar refractivity (Wildman–Crippen MR) is 166 cm³/mol. The highest BCUT2D eigenvalue weighted by Gasteiger charge is 2.25. The van der Waals surface area contributed by atoms with E-state index in [4.69, 9.17) is 0 Å². The highest BCUT2D eigenvalue weighted by molar-refractivity contribution is 5.70. The van der Waals surface area contributed by atoms with Gasteiger partial charge in [0.2, 0.25) is 0 Å². The van der Waals surface area contributed by atoms with Crippen LogP contribution in [-0.4, -0.2) is 0 Å². The van der Waals surface area contributed by atoms with Gasteiger partial charge in [0, 0.05) is 5.56 Å². The Labute approximate surface area is 236 Å². The second kappa shape index (κ2) is 13.6. The van der Waals surface area contributed by atoms with Crippen molar-refractivity contribution in [3.63, 3.8) is 0 Å². The normalized spacial score (nSPS) is 24.6. The zero-order valence-corrected chi connectivity index (χ0v) is 24.1. The van der Waals surface area contributed by atoms with E-state index in [0.29, 0.717) is 23.3 Å². The topological polar surface area (TPSA) is 0 Å². The third kappa shape index (κ3) is 7.50. The standard InChI is InChI=1S/C38H47F/c1-3-7-29-10-17-33(18-11-29)34-19-12-30(13-20-34)14-23-36-24-25-37(27-38(36)39)35-21-15-31(16-22-35)26-28(2)32-8-5-4-6-9-32/h4-6,8-9,12-14,19-20,23-25,27-29,31,33,35H,3,7,10-11,15-18,21-22,26H2,1-2H3/t28-,29?,31?,33?,35?/m0/s1. The van der Waals surface area contributed by atoms with Gasteiger partial charge >= 0.3 is 0 Å². The highest BCUT2D eigenvalue weighted by Crippen LogP contribution is 2.40. The summed E-state index contributed by atoms with van der Waals surface area (Å²) in [6, 6.07) is 25.8. The Kier molecular flexibility index (Phi) is 9.72. The molecule has 0 radical (unpaired) electrons. The minimum Gasteiger partial charge on any atom is -0.206 e. The zero-order valence-electron chi connectivity index (χ0n) is 24.1. The molecule has 39 heavy (non-hydrogen) atoms. The van der Waals surface area contributed by atoms with Crippen LogP contribution in [-0.2, 0) is 0 Å². The summed E-state index contributed by atoms with van der Waals surface area (Å²) in [5.74, 6) is 3.44. The van der Waals surface area contributed by atoms with Crippen LogP contribution >= 0.6 is 0 Å². The number of rotatable bonds is 9. The van der Waals surface area contributed by atoms with Gasteiger partial charge in [0.25, 0.3) is 0 Å². The molecule has 0 aliphatic heterocycles. The lowest BCUT2D eigenvalue weighted by Crippen LogP contribution is -2.15. The van der Waals surface area contributed by atoms with E-state index in [1.165, 1.54) is 87.3 Å². The van der Waals surface area contributed by atoms with Gasteiger partial charge in [-0.05, 0) is 116 Å². The molecule has 5 rings (SSSR count). The average molecular weight is 523 g/mol. The Balaban J connectivity index is 1.12. The molecule has 1 heteroatoms. The summed E-state index contributed by atoms with van der Waals surface area (Å²) in [7, 11) is 0. The fraction of sp³-hybridized carbons (Fsp3) is 0.474. The molecule has 3 aromatic rings. The summed E-state index contributed by atoms with van der Waals surface area (Å²) < 4.78 is 15.1. The van der Waals surface area contributed by atoms with Crippen LogP contribution in [0.25, 0.3) is 12.2 Å². The molecule has 2 aliphatic rings. The second-order valence-corrected chi connectivity index (χ2v) is 12.6. The Morgan fingerprint density at radius 2 is 1.33 bits per heavy atom. The lowest BCUT2D eigenvalue weighted by Gasteiger charge is -2.30. The maximum Gasteiger partial charge on any atom is 0.130 e. The Morgan fingerprint density at radius 3 is 1.97 bits per heavy atom. The van der Waals surface area contributed by atoms with Crippen molar-refractivity contribution in [3.05, 3.63) is 106 Å². The lowest BCUT2D eigenvalue weighted by atomic mass is 9.75. The molecule has 2 fully saturated rings. The quantitative estimate of drug-likeness (QED) is 0.245. The zero-order chi connectivity index (χ0) is 27.0. The fourth-order valence-corrected chi connectivity index (χ4v) is 7.34. The summed E-state index contributed by atoms with van der Waals surface area (Å²) >= 11 is 0. The van der Waals surface area contributed by atoms with Crippen LogP contribution < -0.4 is 0 Å². The minimum absolute atomic E-state index is 0.0935. The van der Waals surface area contributed by atoms with Crippen molar-refractivity contribution in [1.29, 1.82) is 0 Å². The van der Waals surface area contributed by atoms with Crippen LogP contribution in [0.1, 0.15) is 130 Å². The van der Waals surface area contributed by atoms with Gasteiger partial charge in [-0.25, -0.2) is 4.39 Å². The Hall–Kier alpha value is -2.67. The van der Waals surface area contributed by atoms with Crippen molar-refractivity contribution >= 4 is 12.2 Å². The number of halogens is 1. The van der Waals surface area contributed by atoms with Crippen molar-refractivity contribution < 1.29 is 4.39 Å². The van der Waals surface area contributed by atoms with Gasteiger partial charge < -0.3 is 0 Å². The summed E-state index contributed by atoms with van der Waals surface area (Å²) in [5.41, 5.74) is 5.93. The van der Waals surface area contributed by atoms with Crippen LogP contribution in [0.5, 0.6) is 0 Å². The third-order valence-electron chi connectivity index (χ3n) is 9.81. The molecule has 0 aromatic heterocycles. The van der Waals surface area contributed by atoms with Gasteiger partial charge in [-0.1, -0.05) is 106 Å². The highest BCUT2D eigenvalue weighted by atomic mass is 19.1. The maximum absolute atomic E-state index is 15.1. The molecule has 0 unspecified atom stereocenters. The number of hydrogen-bond acceptors (Lipinski definition) is 0. The van der Waals surface area contributed by atoms with E-state index in [-0.39, 0.29) is 5.82 Å². The van der Waals surface area contributed by atoms with Gasteiger partial charge in [-0.3, -0.25) is 0 Å². The first-order valence-electron chi connectivity index (χ1n) is 15.7. The monoisotopic (exact) mass is 522 g/mol. The summed E-state index contributed by atoms with van der Waals surface area (Å²) in [6.45, 7) is 4.66. The first kappa shape index (κ1) is 27.9. The van der Waals surface area contributed by atoms with Crippen molar-refractivity contribution in [3.8, 4) is 0 Å². The second-order valence-electron chi connectivity index (χ2n) is 12.6. The van der Waals surface area contributed by atoms with Gasteiger partial charge in [-0.2, -0.15) is 0 Å². The van der Waals surface area contributed by atoms with Crippen molar-refractivity contribution in [1.82, 2.24) is 0 Å². The molecule has 1 atom stereocenters. The molecule has 0 saturated heterocycles. The average Bonchev–Trinajstić information content (AvgIpc) is 2.98. The summed E-state index contributed by atoms with van der Waals surface area (Å²) in [6.07, 6.45) is 18.2. The molecule has 2 aliphatic carbocycles. The molecule has 0 nitrogen and oxygen atoms in total. The molecular weight excluding hydrogens is 475 g/mol. The lowest BCUT2D eigenvalue weighted by molar-refractivity contribution is 0.297. The van der Waals surface area contributed by atoms with E-state index in [2.05, 4.69) is 80.6 Å². The first-order chi connectivity index (χ1) is 19.1. The predicted octanol–water partition coefficient (Wildman–Crippen LogP) is 11.5. The van der Waals surface area contributed by atoms with Crippen LogP contribution in [0.3, 0.4) is 0 Å². The Morgan fingerprint density at radius 1 is 0.718 bits per heavy atom. The molecule has 0 bridgehead atoms. The minimum atomic E-state index is -0.0935. The molecule has 0 N–H and O–H groups in total. The van der Waals surface area contributed by atoms with Crippen molar-refractivity contribution in [2.24, 2.45) is 11.8 Å². The molecule has 206 valence electrons. The fourth-order valence-electron chi connectivity index (χ4n) is 7.34. The van der Waals surface area contributed by atoms with Gasteiger partial charge in [0.1, 0.15) is 5.82 Å². The van der Waals surface area contributed by atoms with Crippen molar-refractivity contribution in [2.45, 2.75) is 102 Å². The van der Waals surface area contributed by atoms with Gasteiger partial charge in [-0.15, -0.1) is 0 Å². The van der Waals surface area contributed by atoms with E-state index >= 15 is 4.39 Å². The van der Waals surface area contributed by atoms with Crippen LogP contribution in [0.4, 0.5) is 4.39 Å². The Bertz CT molecular complexity index is 1180. The molecule has 0 amide bonds.